The van der Waals surface area contributed by atoms with Crippen LogP contribution in [0, 0.1) is 4.77 Å². The number of benzene rings is 1. The molecule has 0 amide bonds. The third-order valence-corrected chi connectivity index (χ3v) is 4.21. The van der Waals surface area contributed by atoms with Crippen molar-refractivity contribution >= 4 is 12.2 Å². The lowest BCUT2D eigenvalue weighted by molar-refractivity contribution is 0.241. The molecule has 0 radical (unpaired) electrons. The molecule has 122 valence electrons. The number of aromatic amines is 2. The van der Waals surface area contributed by atoms with Crippen LogP contribution in [0.25, 0.3) is 0 Å². The fourth-order valence-electron chi connectivity index (χ4n) is 2.86. The highest BCUT2D eigenvalue weighted by Crippen LogP contribution is 2.24. The molecular formula is C16H19N3O3S. The third-order valence-electron chi connectivity index (χ3n) is 4.01. The number of hydrogen-bond donors (Lipinski definition) is 2. The zero-order chi connectivity index (χ0) is 16.4. The van der Waals surface area contributed by atoms with Crippen LogP contribution in [0.3, 0.4) is 0 Å². The highest BCUT2D eigenvalue weighted by atomic mass is 32.1. The van der Waals surface area contributed by atoms with Crippen LogP contribution in [0.5, 0.6) is 11.5 Å². The largest absolute Gasteiger partial charge is 0.497 e. The van der Waals surface area contributed by atoms with Gasteiger partial charge in [-0.1, -0.05) is 0 Å². The molecule has 3 rings (SSSR count). The Morgan fingerprint density at radius 3 is 2.52 bits per heavy atom. The fourth-order valence-corrected chi connectivity index (χ4v) is 3.08. The van der Waals surface area contributed by atoms with Crippen LogP contribution >= 0.6 is 12.2 Å². The molecule has 1 aromatic heterocycles. The van der Waals surface area contributed by atoms with E-state index in [0.717, 1.165) is 47.8 Å². The van der Waals surface area contributed by atoms with Gasteiger partial charge in [0.15, 0.2) is 4.77 Å². The van der Waals surface area contributed by atoms with Crippen LogP contribution in [0.15, 0.2) is 23.0 Å². The lowest BCUT2D eigenvalue weighted by Gasteiger charge is -2.28. The summed E-state index contributed by atoms with van der Waals surface area (Å²) in [6.45, 7) is 2.18. The second kappa shape index (κ2) is 6.55. The van der Waals surface area contributed by atoms with E-state index in [1.807, 2.05) is 18.2 Å². The Labute approximate surface area is 139 Å². The van der Waals surface area contributed by atoms with Crippen molar-refractivity contribution in [2.75, 3.05) is 20.8 Å². The Balaban J connectivity index is 1.82. The minimum absolute atomic E-state index is 0.100. The first kappa shape index (κ1) is 15.8. The number of ether oxygens (including phenoxy) is 2. The molecule has 1 aromatic carbocycles. The molecule has 23 heavy (non-hydrogen) atoms. The van der Waals surface area contributed by atoms with Crippen molar-refractivity contribution in [2.24, 2.45) is 0 Å². The van der Waals surface area contributed by atoms with E-state index in [1.54, 1.807) is 14.2 Å². The van der Waals surface area contributed by atoms with Gasteiger partial charge in [0, 0.05) is 37.8 Å². The average Bonchev–Trinajstić information content (AvgIpc) is 2.55. The van der Waals surface area contributed by atoms with E-state index in [4.69, 9.17) is 21.7 Å². The molecule has 0 unspecified atom stereocenters. The summed E-state index contributed by atoms with van der Waals surface area (Å²) in [5, 5.41) is 0. The molecule has 6 nitrogen and oxygen atoms in total. The van der Waals surface area contributed by atoms with E-state index in [0.29, 0.717) is 11.3 Å². The maximum absolute atomic E-state index is 12.1. The molecule has 7 heteroatoms. The molecule has 0 spiro atoms. The first-order valence-electron chi connectivity index (χ1n) is 7.37. The van der Waals surface area contributed by atoms with E-state index in [-0.39, 0.29) is 5.56 Å². The molecule has 2 heterocycles. The average molecular weight is 333 g/mol. The maximum Gasteiger partial charge on any atom is 0.256 e. The zero-order valence-corrected chi connectivity index (χ0v) is 14.0. The van der Waals surface area contributed by atoms with Gasteiger partial charge in [-0.2, -0.15) is 0 Å². The fraction of sp³-hybridized carbons (Fsp3) is 0.375. The molecule has 0 aliphatic carbocycles. The zero-order valence-electron chi connectivity index (χ0n) is 13.1. The Morgan fingerprint density at radius 2 is 1.87 bits per heavy atom. The summed E-state index contributed by atoms with van der Waals surface area (Å²) < 4.78 is 11.0. The van der Waals surface area contributed by atoms with Crippen LogP contribution in [-0.2, 0) is 19.5 Å². The summed E-state index contributed by atoms with van der Waals surface area (Å²) >= 11 is 5.02. The SMILES string of the molecule is COc1cc(CN2CCc3[nH]c(=S)[nH]c(=O)c3C2)cc(OC)c1. The van der Waals surface area contributed by atoms with Crippen molar-refractivity contribution in [1.29, 1.82) is 0 Å². The summed E-state index contributed by atoms with van der Waals surface area (Å²) in [6, 6.07) is 5.82. The smallest absolute Gasteiger partial charge is 0.256 e. The molecule has 0 fully saturated rings. The predicted molar refractivity (Wildman–Crippen MR) is 89.6 cm³/mol. The highest BCUT2D eigenvalue weighted by Gasteiger charge is 2.20. The third kappa shape index (κ3) is 3.46. The quantitative estimate of drug-likeness (QED) is 0.838. The number of methoxy groups -OCH3 is 2. The molecule has 0 atom stereocenters. The Hall–Kier alpha value is -2.12. The summed E-state index contributed by atoms with van der Waals surface area (Å²) in [5.74, 6) is 1.53. The van der Waals surface area contributed by atoms with E-state index in [2.05, 4.69) is 14.9 Å². The molecule has 0 bridgehead atoms. The first-order valence-corrected chi connectivity index (χ1v) is 7.78. The standard InChI is InChI=1S/C16H19N3O3S/c1-21-11-5-10(6-12(7-11)22-2)8-19-4-3-14-13(9-19)15(20)18-16(23)17-14/h5-7H,3-4,8-9H2,1-2H3,(H2,17,18,20,23). The van der Waals surface area contributed by atoms with Crippen LogP contribution in [0.1, 0.15) is 16.8 Å². The van der Waals surface area contributed by atoms with Crippen LogP contribution < -0.4 is 15.0 Å². The van der Waals surface area contributed by atoms with Crippen LogP contribution in [0.2, 0.25) is 0 Å². The van der Waals surface area contributed by atoms with Crippen molar-refractivity contribution in [1.82, 2.24) is 14.9 Å². The van der Waals surface area contributed by atoms with Gasteiger partial charge in [-0.3, -0.25) is 14.7 Å². The molecule has 2 aromatic rings. The normalized spacial score (nSPS) is 14.3. The van der Waals surface area contributed by atoms with Gasteiger partial charge >= 0.3 is 0 Å². The summed E-state index contributed by atoms with van der Waals surface area (Å²) in [4.78, 5) is 20.0. The molecule has 1 aliphatic heterocycles. The van der Waals surface area contributed by atoms with Gasteiger partial charge in [0.05, 0.1) is 19.8 Å². The molecular weight excluding hydrogens is 314 g/mol. The van der Waals surface area contributed by atoms with Gasteiger partial charge in [-0.05, 0) is 29.9 Å². The van der Waals surface area contributed by atoms with E-state index >= 15 is 0 Å². The predicted octanol–water partition coefficient (Wildman–Crippen LogP) is 2.01. The minimum Gasteiger partial charge on any atom is -0.497 e. The lowest BCUT2D eigenvalue weighted by Crippen LogP contribution is -2.35. The topological polar surface area (TPSA) is 70.3 Å². The number of H-pyrrole nitrogens is 2. The molecule has 2 N–H and O–H groups in total. The van der Waals surface area contributed by atoms with Gasteiger partial charge in [-0.25, -0.2) is 0 Å². The second-order valence-electron chi connectivity index (χ2n) is 5.55. The number of rotatable bonds is 4. The molecule has 0 saturated heterocycles. The first-order chi connectivity index (χ1) is 11.1. The minimum atomic E-state index is -0.100. The van der Waals surface area contributed by atoms with E-state index in [1.165, 1.54) is 0 Å². The van der Waals surface area contributed by atoms with Crippen molar-refractivity contribution in [2.45, 2.75) is 19.5 Å². The van der Waals surface area contributed by atoms with Crippen LogP contribution in [-0.4, -0.2) is 35.6 Å². The van der Waals surface area contributed by atoms with E-state index < -0.39 is 0 Å². The van der Waals surface area contributed by atoms with Gasteiger partial charge in [-0.15, -0.1) is 0 Å². The summed E-state index contributed by atoms with van der Waals surface area (Å²) in [7, 11) is 3.27. The Kier molecular flexibility index (Phi) is 4.49. The lowest BCUT2D eigenvalue weighted by atomic mass is 10.1. The maximum atomic E-state index is 12.1. The van der Waals surface area contributed by atoms with Gasteiger partial charge in [0.25, 0.3) is 5.56 Å². The van der Waals surface area contributed by atoms with Crippen molar-refractivity contribution in [3.63, 3.8) is 0 Å². The number of aromatic nitrogens is 2. The van der Waals surface area contributed by atoms with Gasteiger partial charge in [0.1, 0.15) is 11.5 Å². The number of hydrogen-bond acceptors (Lipinski definition) is 5. The van der Waals surface area contributed by atoms with Crippen molar-refractivity contribution in [3.05, 3.63) is 50.1 Å². The summed E-state index contributed by atoms with van der Waals surface area (Å²) in [6.07, 6.45) is 0.782. The van der Waals surface area contributed by atoms with E-state index in [9.17, 15) is 4.79 Å². The van der Waals surface area contributed by atoms with Crippen molar-refractivity contribution < 1.29 is 9.47 Å². The van der Waals surface area contributed by atoms with Gasteiger partial charge in [0.2, 0.25) is 0 Å². The second-order valence-corrected chi connectivity index (χ2v) is 5.96. The summed E-state index contributed by atoms with van der Waals surface area (Å²) in [5.41, 5.74) is 2.69. The molecule has 1 aliphatic rings. The highest BCUT2D eigenvalue weighted by molar-refractivity contribution is 7.71. The Bertz CT molecular complexity index is 806. The number of nitrogens with zero attached hydrogens (tertiary/aromatic N) is 1. The number of nitrogens with one attached hydrogen (secondary N) is 2. The Morgan fingerprint density at radius 1 is 1.17 bits per heavy atom. The van der Waals surface area contributed by atoms with Crippen LogP contribution in [0.4, 0.5) is 0 Å². The number of fused-ring (bicyclic) bond motifs is 1. The van der Waals surface area contributed by atoms with Crippen molar-refractivity contribution in [3.8, 4) is 11.5 Å². The monoisotopic (exact) mass is 333 g/mol. The van der Waals surface area contributed by atoms with Gasteiger partial charge < -0.3 is 14.5 Å². The molecule has 0 saturated carbocycles.